The predicted octanol–water partition coefficient (Wildman–Crippen LogP) is 4.49. The fourth-order valence-electron chi connectivity index (χ4n) is 3.08. The average Bonchev–Trinajstić information content (AvgIpc) is 3.59. The largest absolute Gasteiger partial charge is 0.497 e. The Morgan fingerprint density at radius 3 is 2.69 bits per heavy atom. The molecule has 10 heteroatoms. The number of rotatable bonds is 6. The van der Waals surface area contributed by atoms with Gasteiger partial charge in [-0.15, -0.1) is 22.7 Å². The summed E-state index contributed by atoms with van der Waals surface area (Å²) in [6, 6.07) is 17.1. The van der Waals surface area contributed by atoms with E-state index >= 15 is 0 Å². The van der Waals surface area contributed by atoms with Crippen molar-refractivity contribution < 1.29 is 9.53 Å². The number of thiazole rings is 2. The molecular formula is C22H16N6O2S2. The first-order valence-corrected chi connectivity index (χ1v) is 11.3. The fourth-order valence-corrected chi connectivity index (χ4v) is 4.33. The Hall–Kier alpha value is -3.89. The molecule has 1 N–H and O–H groups in total. The van der Waals surface area contributed by atoms with Gasteiger partial charge in [-0.05, 0) is 12.1 Å². The van der Waals surface area contributed by atoms with Crippen molar-refractivity contribution in [1.29, 1.82) is 0 Å². The second kappa shape index (κ2) is 8.69. The standard InChI is InChI=1S/C22H16N6O2S2/c1-30-16-9-5-8-15(12-16)18-19(25-26-21-23-10-11-31-21)20(29)28(27-18)22-24-17(13-32-22)14-6-3-2-4-7-14/h2-13H,1H3,(H,23,26)/b25-19-. The maximum atomic E-state index is 13.3. The maximum Gasteiger partial charge on any atom is 0.303 e. The number of benzene rings is 2. The number of amides is 1. The van der Waals surface area contributed by atoms with Crippen molar-refractivity contribution in [3.05, 3.63) is 77.1 Å². The van der Waals surface area contributed by atoms with Crippen LogP contribution in [0.2, 0.25) is 0 Å². The van der Waals surface area contributed by atoms with Crippen LogP contribution in [-0.4, -0.2) is 34.4 Å². The van der Waals surface area contributed by atoms with Gasteiger partial charge >= 0.3 is 5.91 Å². The van der Waals surface area contributed by atoms with Crippen LogP contribution in [-0.2, 0) is 4.79 Å². The van der Waals surface area contributed by atoms with E-state index in [0.717, 1.165) is 11.3 Å². The minimum atomic E-state index is -0.374. The molecule has 3 heterocycles. The van der Waals surface area contributed by atoms with Crippen LogP contribution in [0.3, 0.4) is 0 Å². The first kappa shape index (κ1) is 20.0. The van der Waals surface area contributed by atoms with E-state index < -0.39 is 0 Å². The van der Waals surface area contributed by atoms with E-state index in [4.69, 9.17) is 4.74 Å². The zero-order chi connectivity index (χ0) is 21.9. The van der Waals surface area contributed by atoms with Crippen LogP contribution in [0, 0.1) is 0 Å². The van der Waals surface area contributed by atoms with E-state index in [0.29, 0.717) is 27.3 Å². The van der Waals surface area contributed by atoms with Crippen LogP contribution in [0.4, 0.5) is 10.3 Å². The monoisotopic (exact) mass is 460 g/mol. The third-order valence-electron chi connectivity index (χ3n) is 4.60. The summed E-state index contributed by atoms with van der Waals surface area (Å²) in [5.41, 5.74) is 5.90. The molecule has 1 amide bonds. The average molecular weight is 461 g/mol. The highest BCUT2D eigenvalue weighted by molar-refractivity contribution is 7.14. The number of nitrogens with one attached hydrogen (secondary N) is 1. The lowest BCUT2D eigenvalue weighted by Crippen LogP contribution is -2.28. The van der Waals surface area contributed by atoms with Crippen molar-refractivity contribution in [3.63, 3.8) is 0 Å². The SMILES string of the molecule is COc1cccc(C2=NN(c3nc(-c4ccccc4)cs3)C(=O)/C2=N\Nc2nccs2)c1. The summed E-state index contributed by atoms with van der Waals surface area (Å²) < 4.78 is 5.33. The van der Waals surface area contributed by atoms with Gasteiger partial charge in [0.25, 0.3) is 0 Å². The van der Waals surface area contributed by atoms with Gasteiger partial charge in [0.1, 0.15) is 11.5 Å². The number of carbonyl (C=O) groups excluding carboxylic acids is 1. The molecule has 2 aromatic heterocycles. The Balaban J connectivity index is 1.53. The quantitative estimate of drug-likeness (QED) is 0.428. The minimum Gasteiger partial charge on any atom is -0.497 e. The molecule has 1 aliphatic heterocycles. The van der Waals surface area contributed by atoms with E-state index in [1.807, 2.05) is 65.4 Å². The second-order valence-electron chi connectivity index (χ2n) is 6.59. The van der Waals surface area contributed by atoms with E-state index in [1.54, 1.807) is 13.3 Å². The molecule has 0 saturated carbocycles. The van der Waals surface area contributed by atoms with Crippen LogP contribution in [0.15, 0.2) is 81.8 Å². The molecule has 0 radical (unpaired) electrons. The minimum absolute atomic E-state index is 0.171. The summed E-state index contributed by atoms with van der Waals surface area (Å²) in [7, 11) is 1.59. The number of hydrogen-bond acceptors (Lipinski definition) is 9. The molecule has 0 fully saturated rings. The normalized spacial score (nSPS) is 14.7. The Morgan fingerprint density at radius 1 is 1.06 bits per heavy atom. The summed E-state index contributed by atoms with van der Waals surface area (Å²) in [5.74, 6) is 0.282. The van der Waals surface area contributed by atoms with E-state index in [9.17, 15) is 4.79 Å². The number of carbonyl (C=O) groups is 1. The smallest absolute Gasteiger partial charge is 0.303 e. The van der Waals surface area contributed by atoms with Crippen molar-refractivity contribution in [2.24, 2.45) is 10.2 Å². The first-order chi connectivity index (χ1) is 15.7. The lowest BCUT2D eigenvalue weighted by Gasteiger charge is -2.06. The van der Waals surface area contributed by atoms with Gasteiger partial charge in [-0.2, -0.15) is 15.2 Å². The van der Waals surface area contributed by atoms with Crippen molar-refractivity contribution in [3.8, 4) is 17.0 Å². The molecule has 0 bridgehead atoms. The number of anilines is 2. The van der Waals surface area contributed by atoms with Crippen LogP contribution >= 0.6 is 22.7 Å². The van der Waals surface area contributed by atoms with Gasteiger partial charge in [-0.3, -0.25) is 10.2 Å². The van der Waals surface area contributed by atoms with Gasteiger partial charge in [-0.1, -0.05) is 42.5 Å². The molecule has 158 valence electrons. The zero-order valence-corrected chi connectivity index (χ0v) is 18.4. The second-order valence-corrected chi connectivity index (χ2v) is 8.32. The van der Waals surface area contributed by atoms with Gasteiger partial charge < -0.3 is 4.74 Å². The molecule has 0 saturated heterocycles. The van der Waals surface area contributed by atoms with Crippen molar-refractivity contribution in [1.82, 2.24) is 9.97 Å². The molecule has 0 aliphatic carbocycles. The summed E-state index contributed by atoms with van der Waals surface area (Å²) in [5, 5.41) is 15.0. The van der Waals surface area contributed by atoms with Crippen molar-refractivity contribution in [2.45, 2.75) is 0 Å². The van der Waals surface area contributed by atoms with E-state index in [1.165, 1.54) is 27.7 Å². The molecule has 0 spiro atoms. The number of ether oxygens (including phenoxy) is 1. The third-order valence-corrected chi connectivity index (χ3v) is 6.09. The van der Waals surface area contributed by atoms with Gasteiger partial charge in [-0.25, -0.2) is 9.97 Å². The third kappa shape index (κ3) is 3.88. The molecule has 32 heavy (non-hydrogen) atoms. The predicted molar refractivity (Wildman–Crippen MR) is 128 cm³/mol. The number of methoxy groups -OCH3 is 1. The fraction of sp³-hybridized carbons (Fsp3) is 0.0455. The number of hydrogen-bond donors (Lipinski definition) is 1. The lowest BCUT2D eigenvalue weighted by atomic mass is 10.1. The molecular weight excluding hydrogens is 444 g/mol. The van der Waals surface area contributed by atoms with Crippen molar-refractivity contribution in [2.75, 3.05) is 17.5 Å². The van der Waals surface area contributed by atoms with Crippen LogP contribution in [0.5, 0.6) is 5.75 Å². The number of nitrogens with zero attached hydrogens (tertiary/aromatic N) is 5. The molecule has 1 aliphatic rings. The van der Waals surface area contributed by atoms with Gasteiger partial charge in [0.05, 0.1) is 12.8 Å². The molecule has 2 aromatic carbocycles. The number of aromatic nitrogens is 2. The highest BCUT2D eigenvalue weighted by Crippen LogP contribution is 2.30. The highest BCUT2D eigenvalue weighted by atomic mass is 32.1. The van der Waals surface area contributed by atoms with Gasteiger partial charge in [0, 0.05) is 28.1 Å². The molecule has 4 aromatic rings. The molecule has 5 rings (SSSR count). The summed E-state index contributed by atoms with van der Waals surface area (Å²) in [4.78, 5) is 22.1. The van der Waals surface area contributed by atoms with Crippen LogP contribution in [0.1, 0.15) is 5.56 Å². The van der Waals surface area contributed by atoms with Crippen molar-refractivity contribution >= 4 is 50.3 Å². The van der Waals surface area contributed by atoms with Gasteiger partial charge in [0.15, 0.2) is 5.71 Å². The summed E-state index contributed by atoms with van der Waals surface area (Å²) >= 11 is 2.73. The summed E-state index contributed by atoms with van der Waals surface area (Å²) in [6.07, 6.45) is 1.66. The Morgan fingerprint density at radius 2 is 1.91 bits per heavy atom. The Kier molecular flexibility index (Phi) is 5.44. The summed E-state index contributed by atoms with van der Waals surface area (Å²) in [6.45, 7) is 0. The van der Waals surface area contributed by atoms with E-state index in [-0.39, 0.29) is 11.6 Å². The molecule has 0 atom stereocenters. The Bertz CT molecular complexity index is 1320. The lowest BCUT2D eigenvalue weighted by molar-refractivity contribution is -0.112. The van der Waals surface area contributed by atoms with Crippen LogP contribution < -0.4 is 15.2 Å². The Labute approximate surface area is 191 Å². The zero-order valence-electron chi connectivity index (χ0n) is 16.8. The van der Waals surface area contributed by atoms with E-state index in [2.05, 4.69) is 25.6 Å². The highest BCUT2D eigenvalue weighted by Gasteiger charge is 2.36. The molecule has 0 unspecified atom stereocenters. The molecule has 8 nitrogen and oxygen atoms in total. The topological polar surface area (TPSA) is 92.1 Å². The van der Waals surface area contributed by atoms with Gasteiger partial charge in [0.2, 0.25) is 10.3 Å². The number of hydrazone groups is 2. The maximum absolute atomic E-state index is 13.3. The first-order valence-electron chi connectivity index (χ1n) is 9.55. The van der Waals surface area contributed by atoms with Crippen LogP contribution in [0.25, 0.3) is 11.3 Å².